The number of methoxy groups -OCH3 is 1. The van der Waals surface area contributed by atoms with Crippen LogP contribution in [0.3, 0.4) is 0 Å². The maximum absolute atomic E-state index is 10.8. The summed E-state index contributed by atoms with van der Waals surface area (Å²) in [4.78, 5) is 18.8. The zero-order valence-corrected chi connectivity index (χ0v) is 11.7. The van der Waals surface area contributed by atoms with Crippen molar-refractivity contribution >= 4 is 28.1 Å². The van der Waals surface area contributed by atoms with Crippen LogP contribution in [0, 0.1) is 10.1 Å². The van der Waals surface area contributed by atoms with Crippen LogP contribution in [0.5, 0.6) is 5.75 Å². The molecule has 3 rings (SSSR count). The molecule has 0 aliphatic heterocycles. The van der Waals surface area contributed by atoms with Gasteiger partial charge in [-0.05, 0) is 18.2 Å². The fourth-order valence-electron chi connectivity index (χ4n) is 2.10. The Bertz CT molecular complexity index is 851. The van der Waals surface area contributed by atoms with Crippen LogP contribution in [-0.4, -0.2) is 22.0 Å². The van der Waals surface area contributed by atoms with Gasteiger partial charge >= 0.3 is 0 Å². The van der Waals surface area contributed by atoms with E-state index in [-0.39, 0.29) is 5.69 Å². The molecule has 0 atom stereocenters. The molecule has 110 valence electrons. The number of rotatable bonds is 4. The Hall–Kier alpha value is -3.22. The number of fused-ring (bicyclic) bond motifs is 1. The van der Waals surface area contributed by atoms with Crippen LogP contribution in [0.25, 0.3) is 10.9 Å². The summed E-state index contributed by atoms with van der Waals surface area (Å²) < 4.78 is 5.17. The minimum atomic E-state index is -0.436. The smallest absolute Gasteiger partial charge is 0.271 e. The summed E-state index contributed by atoms with van der Waals surface area (Å²) in [6.45, 7) is 0. The number of aromatic nitrogens is 2. The third-order valence-corrected chi connectivity index (χ3v) is 3.16. The molecular formula is C15H12N4O3. The quantitative estimate of drug-likeness (QED) is 0.587. The third kappa shape index (κ3) is 2.64. The molecule has 0 saturated heterocycles. The molecule has 22 heavy (non-hydrogen) atoms. The van der Waals surface area contributed by atoms with Crippen LogP contribution in [0.4, 0.5) is 17.2 Å². The molecule has 7 nitrogen and oxygen atoms in total. The molecule has 2 aromatic carbocycles. The van der Waals surface area contributed by atoms with Crippen LogP contribution in [0.2, 0.25) is 0 Å². The van der Waals surface area contributed by atoms with Gasteiger partial charge in [0.15, 0.2) is 0 Å². The summed E-state index contributed by atoms with van der Waals surface area (Å²) in [7, 11) is 1.59. The van der Waals surface area contributed by atoms with E-state index in [1.54, 1.807) is 25.3 Å². The maximum atomic E-state index is 10.8. The van der Waals surface area contributed by atoms with Gasteiger partial charge in [-0.2, -0.15) is 0 Å². The van der Waals surface area contributed by atoms with E-state index < -0.39 is 4.92 Å². The maximum Gasteiger partial charge on any atom is 0.271 e. The zero-order chi connectivity index (χ0) is 15.5. The van der Waals surface area contributed by atoms with E-state index in [2.05, 4.69) is 15.3 Å². The Morgan fingerprint density at radius 3 is 2.82 bits per heavy atom. The average Bonchev–Trinajstić information content (AvgIpc) is 2.55. The van der Waals surface area contributed by atoms with E-state index in [1.807, 2.05) is 12.1 Å². The van der Waals surface area contributed by atoms with E-state index in [1.165, 1.54) is 18.5 Å². The van der Waals surface area contributed by atoms with E-state index in [0.29, 0.717) is 17.3 Å². The summed E-state index contributed by atoms with van der Waals surface area (Å²) in [6.07, 6.45) is 1.43. The first-order valence-corrected chi connectivity index (χ1v) is 6.47. The molecule has 3 aromatic rings. The Morgan fingerprint density at radius 1 is 1.18 bits per heavy atom. The van der Waals surface area contributed by atoms with Crippen LogP contribution < -0.4 is 10.1 Å². The number of hydrogen-bond donors (Lipinski definition) is 1. The molecule has 0 bridgehead atoms. The highest BCUT2D eigenvalue weighted by molar-refractivity contribution is 5.91. The Kier molecular flexibility index (Phi) is 3.53. The van der Waals surface area contributed by atoms with Crippen LogP contribution in [-0.2, 0) is 0 Å². The van der Waals surface area contributed by atoms with Crippen molar-refractivity contribution in [3.05, 3.63) is 58.9 Å². The van der Waals surface area contributed by atoms with E-state index in [9.17, 15) is 10.1 Å². The first-order valence-electron chi connectivity index (χ1n) is 6.47. The average molecular weight is 296 g/mol. The zero-order valence-electron chi connectivity index (χ0n) is 11.7. The van der Waals surface area contributed by atoms with Gasteiger partial charge in [-0.25, -0.2) is 9.97 Å². The number of ether oxygens (including phenoxy) is 1. The third-order valence-electron chi connectivity index (χ3n) is 3.16. The number of non-ortho nitro benzene ring substituents is 1. The molecule has 0 fully saturated rings. The first kappa shape index (κ1) is 13.7. The fraction of sp³-hybridized carbons (Fsp3) is 0.0667. The highest BCUT2D eigenvalue weighted by Gasteiger charge is 2.08. The summed E-state index contributed by atoms with van der Waals surface area (Å²) in [5, 5.41) is 14.7. The fourth-order valence-corrected chi connectivity index (χ4v) is 2.10. The van der Waals surface area contributed by atoms with Gasteiger partial charge in [0.1, 0.15) is 17.9 Å². The van der Waals surface area contributed by atoms with Gasteiger partial charge < -0.3 is 10.1 Å². The highest BCUT2D eigenvalue weighted by atomic mass is 16.6. The van der Waals surface area contributed by atoms with Gasteiger partial charge in [0.05, 0.1) is 17.5 Å². The van der Waals surface area contributed by atoms with Gasteiger partial charge in [-0.15, -0.1) is 0 Å². The molecule has 0 radical (unpaired) electrons. The second-order valence-electron chi connectivity index (χ2n) is 4.54. The van der Waals surface area contributed by atoms with Crippen molar-refractivity contribution < 1.29 is 9.66 Å². The molecule has 1 heterocycles. The predicted molar refractivity (Wildman–Crippen MR) is 82.5 cm³/mol. The Balaban J connectivity index is 2.00. The lowest BCUT2D eigenvalue weighted by molar-refractivity contribution is -0.384. The minimum absolute atomic E-state index is 0.0185. The molecule has 0 spiro atoms. The molecule has 1 aromatic heterocycles. The van der Waals surface area contributed by atoms with E-state index >= 15 is 0 Å². The van der Waals surface area contributed by atoms with E-state index in [0.717, 1.165) is 10.9 Å². The second-order valence-corrected chi connectivity index (χ2v) is 4.54. The summed E-state index contributed by atoms with van der Waals surface area (Å²) in [5.41, 5.74) is 1.33. The highest BCUT2D eigenvalue weighted by Crippen LogP contribution is 2.27. The van der Waals surface area contributed by atoms with Crippen molar-refractivity contribution in [2.75, 3.05) is 12.4 Å². The number of anilines is 2. The van der Waals surface area contributed by atoms with Crippen molar-refractivity contribution in [2.45, 2.75) is 0 Å². The van der Waals surface area contributed by atoms with Crippen molar-refractivity contribution in [1.29, 1.82) is 0 Å². The topological polar surface area (TPSA) is 90.2 Å². The Labute approximate surface area is 125 Å². The van der Waals surface area contributed by atoms with Gasteiger partial charge in [-0.3, -0.25) is 10.1 Å². The van der Waals surface area contributed by atoms with Crippen molar-refractivity contribution in [2.24, 2.45) is 0 Å². The SMILES string of the molecule is COc1ccc2c(Nc3cccc([N+](=O)[O-])c3)ncnc2c1. The first-order chi connectivity index (χ1) is 10.7. The standard InChI is InChI=1S/C15H12N4O3/c1-22-12-5-6-13-14(8-12)16-9-17-15(13)18-10-3-2-4-11(7-10)19(20)21/h2-9H,1H3,(H,16,17,18). The van der Waals surface area contributed by atoms with Gasteiger partial charge in [0.2, 0.25) is 0 Å². The lowest BCUT2D eigenvalue weighted by Gasteiger charge is -2.09. The number of nitro benzene ring substituents is 1. The van der Waals surface area contributed by atoms with Gasteiger partial charge in [0, 0.05) is 29.3 Å². The number of nitro groups is 1. The monoisotopic (exact) mass is 296 g/mol. The summed E-state index contributed by atoms with van der Waals surface area (Å²) in [5.74, 6) is 1.28. The number of nitrogens with one attached hydrogen (secondary N) is 1. The number of hydrogen-bond acceptors (Lipinski definition) is 6. The largest absolute Gasteiger partial charge is 0.497 e. The molecule has 0 unspecified atom stereocenters. The molecule has 1 N–H and O–H groups in total. The van der Waals surface area contributed by atoms with Crippen molar-refractivity contribution in [3.8, 4) is 5.75 Å². The second kappa shape index (κ2) is 5.65. The van der Waals surface area contributed by atoms with Crippen molar-refractivity contribution in [3.63, 3.8) is 0 Å². The lowest BCUT2D eigenvalue weighted by atomic mass is 10.2. The molecule has 0 saturated carbocycles. The molecule has 0 aliphatic carbocycles. The van der Waals surface area contributed by atoms with E-state index in [4.69, 9.17) is 4.74 Å². The summed E-state index contributed by atoms with van der Waals surface area (Å²) in [6, 6.07) is 11.7. The lowest BCUT2D eigenvalue weighted by Crippen LogP contribution is -1.97. The van der Waals surface area contributed by atoms with Crippen LogP contribution in [0.1, 0.15) is 0 Å². The van der Waals surface area contributed by atoms with Crippen LogP contribution >= 0.6 is 0 Å². The van der Waals surface area contributed by atoms with Gasteiger partial charge in [0.25, 0.3) is 5.69 Å². The normalized spacial score (nSPS) is 10.4. The van der Waals surface area contributed by atoms with Crippen molar-refractivity contribution in [1.82, 2.24) is 9.97 Å². The predicted octanol–water partition coefficient (Wildman–Crippen LogP) is 3.29. The Morgan fingerprint density at radius 2 is 2.05 bits per heavy atom. The molecule has 0 amide bonds. The minimum Gasteiger partial charge on any atom is -0.497 e. The molecular weight excluding hydrogens is 284 g/mol. The molecule has 0 aliphatic rings. The van der Waals surface area contributed by atoms with Crippen LogP contribution in [0.15, 0.2) is 48.8 Å². The summed E-state index contributed by atoms with van der Waals surface area (Å²) >= 11 is 0. The number of benzene rings is 2. The molecule has 7 heteroatoms. The number of nitrogens with zero attached hydrogens (tertiary/aromatic N) is 3. The van der Waals surface area contributed by atoms with Gasteiger partial charge in [-0.1, -0.05) is 6.07 Å².